The summed E-state index contributed by atoms with van der Waals surface area (Å²) in [4.78, 5) is 14.4. The number of likely N-dealkylation sites (tertiary alicyclic amines) is 1. The van der Waals surface area contributed by atoms with E-state index in [0.29, 0.717) is 5.15 Å². The molecule has 2 aliphatic heterocycles. The van der Waals surface area contributed by atoms with Gasteiger partial charge in [-0.15, -0.1) is 0 Å². The molecule has 1 amide bonds. The van der Waals surface area contributed by atoms with Gasteiger partial charge in [-0.1, -0.05) is 11.6 Å². The third-order valence-corrected chi connectivity index (χ3v) is 4.78. The van der Waals surface area contributed by atoms with Crippen LogP contribution in [0.4, 0.5) is 0 Å². The topological polar surface area (TPSA) is 47.4 Å². The van der Waals surface area contributed by atoms with Gasteiger partial charge in [-0.2, -0.15) is 5.10 Å². The van der Waals surface area contributed by atoms with Crippen LogP contribution in [0.5, 0.6) is 0 Å². The summed E-state index contributed by atoms with van der Waals surface area (Å²) in [6.45, 7) is 3.46. The van der Waals surface area contributed by atoms with E-state index < -0.39 is 0 Å². The first kappa shape index (κ1) is 14.6. The molecule has 0 aromatic carbocycles. The van der Waals surface area contributed by atoms with Gasteiger partial charge < -0.3 is 9.64 Å². The minimum absolute atomic E-state index is 0.0366. The van der Waals surface area contributed by atoms with Crippen LogP contribution in [0.1, 0.15) is 30.5 Å². The van der Waals surface area contributed by atoms with Gasteiger partial charge in [0.25, 0.3) is 0 Å². The Morgan fingerprint density at radius 2 is 2.29 bits per heavy atom. The number of aryl methyl sites for hydroxylation is 2. The third kappa shape index (κ3) is 2.72. The molecule has 0 saturated carbocycles. The standard InChI is InChI=1S/C15H20ClN3O2/c1-10-11(15(16)18(2)17-10)5-6-14(20)19-8-3-4-13-12(19)7-9-21-13/h5-6,12-13H,3-4,7-9H2,1-2H3/b6-5+/t12-,13-/m1/s1. The van der Waals surface area contributed by atoms with Gasteiger partial charge in [0, 0.05) is 31.8 Å². The van der Waals surface area contributed by atoms with Crippen molar-refractivity contribution in [3.8, 4) is 0 Å². The number of nitrogens with zero attached hydrogens (tertiary/aromatic N) is 3. The molecule has 0 bridgehead atoms. The zero-order valence-electron chi connectivity index (χ0n) is 12.4. The highest BCUT2D eigenvalue weighted by molar-refractivity contribution is 6.31. The monoisotopic (exact) mass is 309 g/mol. The molecule has 2 fully saturated rings. The molecular formula is C15H20ClN3O2. The van der Waals surface area contributed by atoms with Crippen LogP contribution >= 0.6 is 11.6 Å². The fraction of sp³-hybridized carbons (Fsp3) is 0.600. The minimum atomic E-state index is 0.0366. The number of aromatic nitrogens is 2. The van der Waals surface area contributed by atoms with Crippen LogP contribution in [-0.2, 0) is 16.6 Å². The van der Waals surface area contributed by atoms with Gasteiger partial charge in [-0.3, -0.25) is 9.48 Å². The quantitative estimate of drug-likeness (QED) is 0.787. The Balaban J connectivity index is 1.75. The first-order valence-electron chi connectivity index (χ1n) is 7.37. The molecule has 5 nitrogen and oxygen atoms in total. The summed E-state index contributed by atoms with van der Waals surface area (Å²) in [5, 5.41) is 4.80. The number of hydrogen-bond donors (Lipinski definition) is 0. The maximum absolute atomic E-state index is 12.5. The number of carbonyl (C=O) groups is 1. The molecule has 0 spiro atoms. The Morgan fingerprint density at radius 3 is 3.00 bits per heavy atom. The average Bonchev–Trinajstić information content (AvgIpc) is 3.02. The molecule has 3 heterocycles. The van der Waals surface area contributed by atoms with Gasteiger partial charge in [0.05, 0.1) is 17.8 Å². The average molecular weight is 310 g/mol. The van der Waals surface area contributed by atoms with Crippen molar-refractivity contribution in [2.75, 3.05) is 13.2 Å². The molecule has 0 radical (unpaired) electrons. The molecule has 2 aliphatic rings. The summed E-state index contributed by atoms with van der Waals surface area (Å²) in [6.07, 6.45) is 6.61. The summed E-state index contributed by atoms with van der Waals surface area (Å²) in [6, 6.07) is 0.237. The largest absolute Gasteiger partial charge is 0.376 e. The van der Waals surface area contributed by atoms with Gasteiger partial charge in [0.2, 0.25) is 5.91 Å². The predicted octanol–water partition coefficient (Wildman–Crippen LogP) is 2.18. The number of amides is 1. The summed E-state index contributed by atoms with van der Waals surface area (Å²) in [7, 11) is 1.79. The van der Waals surface area contributed by atoms with E-state index in [0.717, 1.165) is 43.7 Å². The highest BCUT2D eigenvalue weighted by Gasteiger charge is 2.37. The number of ether oxygens (including phenoxy) is 1. The summed E-state index contributed by atoms with van der Waals surface area (Å²) in [5.41, 5.74) is 1.64. The molecule has 21 heavy (non-hydrogen) atoms. The zero-order chi connectivity index (χ0) is 15.0. The van der Waals surface area contributed by atoms with Gasteiger partial charge >= 0.3 is 0 Å². The second-order valence-electron chi connectivity index (χ2n) is 5.69. The molecule has 0 aliphatic carbocycles. The lowest BCUT2D eigenvalue weighted by molar-refractivity contribution is -0.131. The number of rotatable bonds is 2. The van der Waals surface area contributed by atoms with Crippen molar-refractivity contribution < 1.29 is 9.53 Å². The van der Waals surface area contributed by atoms with E-state index in [1.165, 1.54) is 0 Å². The van der Waals surface area contributed by atoms with Crippen LogP contribution < -0.4 is 0 Å². The highest BCUT2D eigenvalue weighted by Crippen LogP contribution is 2.28. The highest BCUT2D eigenvalue weighted by atomic mass is 35.5. The molecule has 6 heteroatoms. The van der Waals surface area contributed by atoms with Gasteiger partial charge in [0.15, 0.2) is 0 Å². The van der Waals surface area contributed by atoms with Crippen LogP contribution in [0.15, 0.2) is 6.08 Å². The number of piperidine rings is 1. The van der Waals surface area contributed by atoms with Crippen LogP contribution in [0, 0.1) is 6.92 Å². The van der Waals surface area contributed by atoms with E-state index >= 15 is 0 Å². The van der Waals surface area contributed by atoms with Crippen LogP contribution in [-0.4, -0.2) is 45.9 Å². The molecule has 2 saturated heterocycles. The van der Waals surface area contributed by atoms with Gasteiger partial charge in [-0.05, 0) is 32.3 Å². The van der Waals surface area contributed by atoms with Crippen molar-refractivity contribution >= 4 is 23.6 Å². The Morgan fingerprint density at radius 1 is 1.48 bits per heavy atom. The van der Waals surface area contributed by atoms with Crippen LogP contribution in [0.25, 0.3) is 6.08 Å². The van der Waals surface area contributed by atoms with Crippen LogP contribution in [0.3, 0.4) is 0 Å². The Kier molecular flexibility index (Phi) is 4.04. The predicted molar refractivity (Wildman–Crippen MR) is 81.1 cm³/mol. The molecule has 1 aromatic rings. The van der Waals surface area contributed by atoms with E-state index in [4.69, 9.17) is 16.3 Å². The fourth-order valence-corrected chi connectivity index (χ4v) is 3.50. The van der Waals surface area contributed by atoms with E-state index in [9.17, 15) is 4.79 Å². The maximum atomic E-state index is 12.5. The van der Waals surface area contributed by atoms with E-state index in [2.05, 4.69) is 5.10 Å². The first-order chi connectivity index (χ1) is 10.1. The summed E-state index contributed by atoms with van der Waals surface area (Å²) >= 11 is 6.18. The number of fused-ring (bicyclic) bond motifs is 1. The van der Waals surface area contributed by atoms with Crippen molar-refractivity contribution in [2.24, 2.45) is 7.05 Å². The second-order valence-corrected chi connectivity index (χ2v) is 6.04. The molecule has 0 unspecified atom stereocenters. The van der Waals surface area contributed by atoms with Crippen molar-refractivity contribution in [1.82, 2.24) is 14.7 Å². The minimum Gasteiger partial charge on any atom is -0.376 e. The van der Waals surface area contributed by atoms with Crippen molar-refractivity contribution in [1.29, 1.82) is 0 Å². The van der Waals surface area contributed by atoms with Gasteiger partial charge in [0.1, 0.15) is 5.15 Å². The normalized spacial score (nSPS) is 25.6. The lowest BCUT2D eigenvalue weighted by atomic mass is 9.98. The smallest absolute Gasteiger partial charge is 0.246 e. The fourth-order valence-electron chi connectivity index (χ4n) is 3.26. The van der Waals surface area contributed by atoms with Crippen molar-refractivity contribution in [3.05, 3.63) is 22.5 Å². The Labute approximate surface area is 129 Å². The third-order valence-electron chi connectivity index (χ3n) is 4.33. The van der Waals surface area contributed by atoms with E-state index in [1.54, 1.807) is 23.9 Å². The SMILES string of the molecule is Cc1nn(C)c(Cl)c1/C=C/C(=O)N1CCC[C@H]2OCC[C@H]21. The first-order valence-corrected chi connectivity index (χ1v) is 7.75. The number of hydrogen-bond acceptors (Lipinski definition) is 3. The lowest BCUT2D eigenvalue weighted by Crippen LogP contribution is -2.48. The van der Waals surface area contributed by atoms with E-state index in [1.807, 2.05) is 11.8 Å². The van der Waals surface area contributed by atoms with Crippen molar-refractivity contribution in [3.63, 3.8) is 0 Å². The maximum Gasteiger partial charge on any atom is 0.246 e. The molecule has 1 aromatic heterocycles. The number of carbonyl (C=O) groups excluding carboxylic acids is 1. The van der Waals surface area contributed by atoms with Crippen molar-refractivity contribution in [2.45, 2.75) is 38.3 Å². The molecular weight excluding hydrogens is 290 g/mol. The Bertz CT molecular complexity index is 582. The summed E-state index contributed by atoms with van der Waals surface area (Å²) < 4.78 is 7.30. The zero-order valence-corrected chi connectivity index (χ0v) is 13.1. The lowest BCUT2D eigenvalue weighted by Gasteiger charge is -2.35. The van der Waals surface area contributed by atoms with Gasteiger partial charge in [-0.25, -0.2) is 0 Å². The molecule has 3 rings (SSSR count). The molecule has 114 valence electrons. The Hall–Kier alpha value is -1.33. The second kappa shape index (κ2) is 5.81. The number of halogens is 1. The molecule has 0 N–H and O–H groups in total. The van der Waals surface area contributed by atoms with Crippen LogP contribution in [0.2, 0.25) is 5.15 Å². The van der Waals surface area contributed by atoms with E-state index in [-0.39, 0.29) is 18.1 Å². The summed E-state index contributed by atoms with van der Waals surface area (Å²) in [5.74, 6) is 0.0366. The molecule has 2 atom stereocenters.